The third-order valence-electron chi connectivity index (χ3n) is 5.21. The summed E-state index contributed by atoms with van der Waals surface area (Å²) in [5, 5.41) is 2.59. The lowest BCUT2D eigenvalue weighted by molar-refractivity contribution is -0.142. The fourth-order valence-electron chi connectivity index (χ4n) is 3.37. The van der Waals surface area contributed by atoms with Gasteiger partial charge in [-0.1, -0.05) is 96.1 Å². The Bertz CT molecular complexity index is 407. The Balaban J connectivity index is 3.17. The van der Waals surface area contributed by atoms with Crippen LogP contribution in [0.25, 0.3) is 0 Å². The fraction of sp³-hybridized carbons (Fsp3) is 0.840. The lowest BCUT2D eigenvalue weighted by atomic mass is 10.1. The molecular formula is C25H47NO3. The van der Waals surface area contributed by atoms with E-state index in [9.17, 15) is 9.59 Å². The fourth-order valence-corrected chi connectivity index (χ4v) is 3.37. The molecule has 0 rings (SSSR count). The average Bonchev–Trinajstić information content (AvgIpc) is 2.69. The van der Waals surface area contributed by atoms with Crippen LogP contribution in [-0.4, -0.2) is 18.6 Å². The van der Waals surface area contributed by atoms with E-state index in [2.05, 4.69) is 29.1 Å². The molecule has 0 heterocycles. The molecular weight excluding hydrogens is 362 g/mol. The van der Waals surface area contributed by atoms with Gasteiger partial charge in [0.05, 0.1) is 0 Å². The first-order valence-electron chi connectivity index (χ1n) is 12.2. The van der Waals surface area contributed by atoms with Crippen molar-refractivity contribution in [2.24, 2.45) is 0 Å². The van der Waals surface area contributed by atoms with E-state index in [-0.39, 0.29) is 18.6 Å². The molecule has 0 aliphatic heterocycles. The number of rotatable bonds is 21. The van der Waals surface area contributed by atoms with E-state index in [4.69, 9.17) is 0 Å². The van der Waals surface area contributed by atoms with Gasteiger partial charge in [0.25, 0.3) is 0 Å². The number of carbonyl (C=O) groups is 2. The molecule has 0 aromatic carbocycles. The van der Waals surface area contributed by atoms with Gasteiger partial charge < -0.3 is 10.1 Å². The number of amides is 1. The Kier molecular flexibility index (Phi) is 21.9. The first kappa shape index (κ1) is 27.7. The molecule has 0 spiro atoms. The van der Waals surface area contributed by atoms with Crippen LogP contribution in [-0.2, 0) is 14.3 Å². The van der Waals surface area contributed by atoms with Gasteiger partial charge in [-0.05, 0) is 32.1 Å². The molecule has 1 amide bonds. The first-order valence-corrected chi connectivity index (χ1v) is 12.2. The highest BCUT2D eigenvalue weighted by Crippen LogP contribution is 2.12. The summed E-state index contributed by atoms with van der Waals surface area (Å²) in [7, 11) is 0. The van der Waals surface area contributed by atoms with Gasteiger partial charge in [0.15, 0.2) is 6.73 Å². The van der Waals surface area contributed by atoms with E-state index in [1.54, 1.807) is 0 Å². The van der Waals surface area contributed by atoms with Crippen molar-refractivity contribution in [2.75, 3.05) is 6.73 Å². The van der Waals surface area contributed by atoms with E-state index in [0.29, 0.717) is 6.42 Å². The van der Waals surface area contributed by atoms with Gasteiger partial charge in [-0.15, -0.1) is 0 Å². The number of hydrogen-bond donors (Lipinski definition) is 1. The molecule has 1 N–H and O–H groups in total. The zero-order valence-corrected chi connectivity index (χ0v) is 19.3. The van der Waals surface area contributed by atoms with Gasteiger partial charge in [0, 0.05) is 13.3 Å². The molecule has 0 bridgehead atoms. The highest BCUT2D eigenvalue weighted by Gasteiger charge is 2.01. The maximum atomic E-state index is 11.5. The third kappa shape index (κ3) is 24.6. The summed E-state index contributed by atoms with van der Waals surface area (Å²) in [6.07, 6.45) is 27.3. The van der Waals surface area contributed by atoms with E-state index in [1.165, 1.54) is 103 Å². The molecule has 0 saturated heterocycles. The Labute approximate surface area is 180 Å². The van der Waals surface area contributed by atoms with Gasteiger partial charge in [-0.2, -0.15) is 0 Å². The minimum atomic E-state index is -0.370. The summed E-state index contributed by atoms with van der Waals surface area (Å²) in [5.74, 6) is -0.405. The number of allylic oxidation sites excluding steroid dienone is 2. The zero-order chi connectivity index (χ0) is 21.4. The lowest BCUT2D eigenvalue weighted by Crippen LogP contribution is -2.26. The molecule has 0 fully saturated rings. The van der Waals surface area contributed by atoms with Gasteiger partial charge >= 0.3 is 5.97 Å². The SMILES string of the molecule is CCCCCCCC/C=C\CCCCCCCCCCCC(=O)NCOC(C)=O. The lowest BCUT2D eigenvalue weighted by Gasteiger charge is -2.05. The van der Waals surface area contributed by atoms with Crippen molar-refractivity contribution in [3.63, 3.8) is 0 Å². The number of carbonyl (C=O) groups excluding carboxylic acids is 2. The van der Waals surface area contributed by atoms with Crippen molar-refractivity contribution in [3.05, 3.63) is 12.2 Å². The summed E-state index contributed by atoms with van der Waals surface area (Å²) in [4.78, 5) is 22.1. The maximum Gasteiger partial charge on any atom is 0.304 e. The smallest absolute Gasteiger partial charge is 0.304 e. The number of esters is 1. The predicted octanol–water partition coefficient (Wildman–Crippen LogP) is 7.22. The van der Waals surface area contributed by atoms with Gasteiger partial charge in [-0.25, -0.2) is 0 Å². The summed E-state index contributed by atoms with van der Waals surface area (Å²) in [6, 6.07) is 0. The highest BCUT2D eigenvalue weighted by atomic mass is 16.5. The molecule has 0 unspecified atom stereocenters. The number of nitrogens with one attached hydrogen (secondary N) is 1. The van der Waals surface area contributed by atoms with Gasteiger partial charge in [0.2, 0.25) is 5.91 Å². The van der Waals surface area contributed by atoms with Crippen molar-refractivity contribution >= 4 is 11.9 Å². The summed E-state index contributed by atoms with van der Waals surface area (Å²) in [6.45, 7) is 3.59. The van der Waals surface area contributed by atoms with Crippen LogP contribution in [0.3, 0.4) is 0 Å². The van der Waals surface area contributed by atoms with Crippen LogP contribution in [0.2, 0.25) is 0 Å². The zero-order valence-electron chi connectivity index (χ0n) is 19.3. The number of hydrogen-bond acceptors (Lipinski definition) is 3. The van der Waals surface area contributed by atoms with Crippen molar-refractivity contribution in [1.29, 1.82) is 0 Å². The van der Waals surface area contributed by atoms with Crippen LogP contribution in [0.5, 0.6) is 0 Å². The van der Waals surface area contributed by atoms with Crippen molar-refractivity contribution in [2.45, 2.75) is 129 Å². The second-order valence-corrected chi connectivity index (χ2v) is 8.13. The van der Waals surface area contributed by atoms with Crippen molar-refractivity contribution in [1.82, 2.24) is 5.32 Å². The molecule has 0 aromatic heterocycles. The quantitative estimate of drug-likeness (QED) is 0.0942. The van der Waals surface area contributed by atoms with E-state index >= 15 is 0 Å². The standard InChI is InChI=1S/C25H47NO3/c1-3-4-5-6-7-8-9-10-11-12-13-14-15-16-17-18-19-20-21-22-25(28)26-23-29-24(2)27/h10-11H,3-9,12-23H2,1-2H3,(H,26,28)/b11-10-. The van der Waals surface area contributed by atoms with Crippen LogP contribution in [0.1, 0.15) is 129 Å². The van der Waals surface area contributed by atoms with Crippen LogP contribution < -0.4 is 5.32 Å². The number of unbranched alkanes of at least 4 members (excludes halogenated alkanes) is 15. The number of ether oxygens (including phenoxy) is 1. The average molecular weight is 410 g/mol. The van der Waals surface area contributed by atoms with Gasteiger partial charge in [0.1, 0.15) is 0 Å². The molecule has 170 valence electrons. The first-order chi connectivity index (χ1) is 14.2. The summed E-state index contributed by atoms with van der Waals surface area (Å²) >= 11 is 0. The summed E-state index contributed by atoms with van der Waals surface area (Å²) in [5.41, 5.74) is 0. The van der Waals surface area contributed by atoms with E-state index in [0.717, 1.165) is 12.8 Å². The topological polar surface area (TPSA) is 55.4 Å². The molecule has 0 aromatic rings. The molecule has 0 atom stereocenters. The maximum absolute atomic E-state index is 11.5. The Morgan fingerprint density at radius 1 is 0.690 bits per heavy atom. The molecule has 0 radical (unpaired) electrons. The molecule has 4 nitrogen and oxygen atoms in total. The minimum absolute atomic E-state index is 0.0108. The highest BCUT2D eigenvalue weighted by molar-refractivity contribution is 5.76. The van der Waals surface area contributed by atoms with Crippen molar-refractivity contribution in [3.8, 4) is 0 Å². The second kappa shape index (κ2) is 23.0. The van der Waals surface area contributed by atoms with Crippen molar-refractivity contribution < 1.29 is 14.3 Å². The molecule has 29 heavy (non-hydrogen) atoms. The molecule has 0 saturated carbocycles. The van der Waals surface area contributed by atoms with Gasteiger partial charge in [-0.3, -0.25) is 9.59 Å². The monoisotopic (exact) mass is 409 g/mol. The van der Waals surface area contributed by atoms with Crippen LogP contribution in [0.15, 0.2) is 12.2 Å². The van der Waals surface area contributed by atoms with E-state index < -0.39 is 0 Å². The van der Waals surface area contributed by atoms with Crippen LogP contribution in [0.4, 0.5) is 0 Å². The second-order valence-electron chi connectivity index (χ2n) is 8.13. The Morgan fingerprint density at radius 3 is 1.62 bits per heavy atom. The largest absolute Gasteiger partial charge is 0.445 e. The Hall–Kier alpha value is -1.32. The van der Waals surface area contributed by atoms with Crippen LogP contribution in [0, 0.1) is 0 Å². The third-order valence-corrected chi connectivity index (χ3v) is 5.21. The molecule has 0 aliphatic carbocycles. The predicted molar refractivity (Wildman–Crippen MR) is 123 cm³/mol. The molecule has 4 heteroatoms. The normalized spacial score (nSPS) is 11.1. The van der Waals surface area contributed by atoms with Crippen LogP contribution >= 0.6 is 0 Å². The minimum Gasteiger partial charge on any atom is -0.445 e. The van der Waals surface area contributed by atoms with E-state index in [1.807, 2.05) is 0 Å². The Morgan fingerprint density at radius 2 is 1.14 bits per heavy atom. The molecule has 0 aliphatic rings. The summed E-state index contributed by atoms with van der Waals surface area (Å²) < 4.78 is 4.68.